The molecule has 1 amide bonds. The molecular weight excluding hydrogens is 322 g/mol. The van der Waals surface area contributed by atoms with Gasteiger partial charge in [-0.1, -0.05) is 12.1 Å². The highest BCUT2D eigenvalue weighted by atomic mass is 16.5. The number of hydrogen-bond acceptors (Lipinski definition) is 6. The van der Waals surface area contributed by atoms with Crippen molar-refractivity contribution in [2.75, 3.05) is 31.2 Å². The number of rotatable bonds is 4. The molecule has 3 N–H and O–H groups in total. The molecule has 130 valence electrons. The topological polar surface area (TPSA) is 94.4 Å². The molecule has 0 aliphatic carbocycles. The number of carbonyl (C=O) groups excluding carboxylic acids is 1. The number of ether oxygens (including phenoxy) is 1. The molecule has 0 saturated carbocycles. The number of benzene rings is 2. The molecule has 3 rings (SSSR count). The van der Waals surface area contributed by atoms with Crippen molar-refractivity contribution < 1.29 is 19.7 Å². The summed E-state index contributed by atoms with van der Waals surface area (Å²) in [6.07, 6.45) is 1.36. The first-order valence-electron chi connectivity index (χ1n) is 7.92. The lowest BCUT2D eigenvalue weighted by atomic mass is 10.1. The van der Waals surface area contributed by atoms with Gasteiger partial charge in [0.2, 0.25) is 0 Å². The fourth-order valence-corrected chi connectivity index (χ4v) is 2.55. The second kappa shape index (κ2) is 7.67. The van der Waals surface area contributed by atoms with Crippen LogP contribution in [0.5, 0.6) is 11.5 Å². The number of hydrazone groups is 1. The predicted molar refractivity (Wildman–Crippen MR) is 94.3 cm³/mol. The van der Waals surface area contributed by atoms with Gasteiger partial charge in [-0.15, -0.1) is 0 Å². The van der Waals surface area contributed by atoms with Gasteiger partial charge >= 0.3 is 0 Å². The SMILES string of the molecule is O=C(N/N=C/c1ccc(N2CCOCC2)cc1O)c1ccccc1O. The Morgan fingerprint density at radius 3 is 2.60 bits per heavy atom. The zero-order valence-corrected chi connectivity index (χ0v) is 13.6. The van der Waals surface area contributed by atoms with E-state index in [1.165, 1.54) is 18.3 Å². The zero-order valence-electron chi connectivity index (χ0n) is 13.6. The van der Waals surface area contributed by atoms with E-state index >= 15 is 0 Å². The highest BCUT2D eigenvalue weighted by Gasteiger charge is 2.13. The largest absolute Gasteiger partial charge is 0.507 e. The normalized spacial score (nSPS) is 14.6. The van der Waals surface area contributed by atoms with Crippen molar-refractivity contribution in [1.29, 1.82) is 0 Å². The fraction of sp³-hybridized carbons (Fsp3) is 0.222. The van der Waals surface area contributed by atoms with Crippen molar-refractivity contribution in [2.24, 2.45) is 5.10 Å². The number of anilines is 1. The number of phenols is 2. The molecule has 0 aromatic heterocycles. The van der Waals surface area contributed by atoms with Gasteiger partial charge in [-0.05, 0) is 24.3 Å². The molecule has 7 nitrogen and oxygen atoms in total. The van der Waals surface area contributed by atoms with Gasteiger partial charge in [-0.2, -0.15) is 5.10 Å². The van der Waals surface area contributed by atoms with E-state index in [2.05, 4.69) is 15.4 Å². The first kappa shape index (κ1) is 16.8. The van der Waals surface area contributed by atoms with E-state index in [4.69, 9.17) is 4.74 Å². The van der Waals surface area contributed by atoms with Crippen molar-refractivity contribution in [3.8, 4) is 11.5 Å². The maximum absolute atomic E-state index is 11.9. The maximum atomic E-state index is 11.9. The third-order valence-electron chi connectivity index (χ3n) is 3.91. The molecule has 1 aliphatic rings. The van der Waals surface area contributed by atoms with Gasteiger partial charge in [0.15, 0.2) is 0 Å². The number of aromatic hydroxyl groups is 2. The average molecular weight is 341 g/mol. The van der Waals surface area contributed by atoms with E-state index in [9.17, 15) is 15.0 Å². The minimum Gasteiger partial charge on any atom is -0.507 e. The van der Waals surface area contributed by atoms with Crippen LogP contribution in [0.15, 0.2) is 47.6 Å². The Kier molecular flexibility index (Phi) is 5.15. The summed E-state index contributed by atoms with van der Waals surface area (Å²) in [5, 5.41) is 23.6. The van der Waals surface area contributed by atoms with E-state index in [1.54, 1.807) is 24.3 Å². The lowest BCUT2D eigenvalue weighted by molar-refractivity contribution is 0.0952. The van der Waals surface area contributed by atoms with Crippen molar-refractivity contribution >= 4 is 17.8 Å². The molecule has 2 aromatic rings. The molecule has 2 aromatic carbocycles. The molecule has 1 aliphatic heterocycles. The van der Waals surface area contributed by atoms with Crippen molar-refractivity contribution in [2.45, 2.75) is 0 Å². The standard InChI is InChI=1S/C18H19N3O4/c22-16-4-2-1-3-15(16)18(24)20-19-12-13-5-6-14(11-17(13)23)21-7-9-25-10-8-21/h1-6,11-12,22-23H,7-10H2,(H,20,24)/b19-12+. The number of nitrogens with zero attached hydrogens (tertiary/aromatic N) is 2. The summed E-state index contributed by atoms with van der Waals surface area (Å²) in [5.74, 6) is -0.573. The fourth-order valence-electron chi connectivity index (χ4n) is 2.55. The molecule has 1 saturated heterocycles. The van der Waals surface area contributed by atoms with Crippen LogP contribution >= 0.6 is 0 Å². The Hall–Kier alpha value is -3.06. The van der Waals surface area contributed by atoms with E-state index in [-0.39, 0.29) is 17.1 Å². The van der Waals surface area contributed by atoms with Gasteiger partial charge < -0.3 is 19.8 Å². The van der Waals surface area contributed by atoms with Gasteiger partial charge in [0, 0.05) is 30.4 Å². The number of hydrogen-bond donors (Lipinski definition) is 3. The molecule has 0 radical (unpaired) electrons. The van der Waals surface area contributed by atoms with Crippen LogP contribution in [0.25, 0.3) is 0 Å². The van der Waals surface area contributed by atoms with Crippen LogP contribution in [0.1, 0.15) is 15.9 Å². The minimum atomic E-state index is -0.529. The molecule has 0 atom stereocenters. The van der Waals surface area contributed by atoms with Crippen LogP contribution < -0.4 is 10.3 Å². The first-order chi connectivity index (χ1) is 12.1. The maximum Gasteiger partial charge on any atom is 0.275 e. The number of nitrogens with one attached hydrogen (secondary N) is 1. The second-order valence-electron chi connectivity index (χ2n) is 5.56. The lowest BCUT2D eigenvalue weighted by Gasteiger charge is -2.29. The van der Waals surface area contributed by atoms with Gasteiger partial charge in [0.25, 0.3) is 5.91 Å². The number of amides is 1. The third kappa shape index (κ3) is 4.07. The van der Waals surface area contributed by atoms with E-state index in [0.717, 1.165) is 18.8 Å². The molecule has 0 spiro atoms. The molecular formula is C18H19N3O4. The summed E-state index contributed by atoms with van der Waals surface area (Å²) < 4.78 is 5.31. The molecule has 0 unspecified atom stereocenters. The Balaban J connectivity index is 1.65. The van der Waals surface area contributed by atoms with Crippen LogP contribution in [0.4, 0.5) is 5.69 Å². The monoisotopic (exact) mass is 341 g/mol. The Morgan fingerprint density at radius 1 is 1.12 bits per heavy atom. The Bertz CT molecular complexity index is 786. The highest BCUT2D eigenvalue weighted by molar-refractivity contribution is 5.97. The summed E-state index contributed by atoms with van der Waals surface area (Å²) >= 11 is 0. The molecule has 1 heterocycles. The summed E-state index contributed by atoms with van der Waals surface area (Å²) in [6.45, 7) is 2.90. The molecule has 0 bridgehead atoms. The van der Waals surface area contributed by atoms with E-state index < -0.39 is 5.91 Å². The zero-order chi connectivity index (χ0) is 17.6. The van der Waals surface area contributed by atoms with E-state index in [1.807, 2.05) is 6.07 Å². The second-order valence-corrected chi connectivity index (χ2v) is 5.56. The highest BCUT2D eigenvalue weighted by Crippen LogP contribution is 2.24. The summed E-state index contributed by atoms with van der Waals surface area (Å²) in [5.41, 5.74) is 3.85. The van der Waals surface area contributed by atoms with Gasteiger partial charge in [0.05, 0.1) is 25.0 Å². The van der Waals surface area contributed by atoms with Crippen LogP contribution in [0.3, 0.4) is 0 Å². The average Bonchev–Trinajstić information content (AvgIpc) is 2.64. The number of phenolic OH excluding ortho intramolecular Hbond substituents is 2. The number of carbonyl (C=O) groups is 1. The molecule has 1 fully saturated rings. The Morgan fingerprint density at radius 2 is 1.88 bits per heavy atom. The predicted octanol–water partition coefficient (Wildman–Crippen LogP) is 1.70. The number of morpholine rings is 1. The first-order valence-corrected chi connectivity index (χ1v) is 7.92. The van der Waals surface area contributed by atoms with Crippen molar-refractivity contribution in [1.82, 2.24) is 5.43 Å². The third-order valence-corrected chi connectivity index (χ3v) is 3.91. The van der Waals surface area contributed by atoms with Crippen LogP contribution in [0, 0.1) is 0 Å². The van der Waals surface area contributed by atoms with E-state index in [0.29, 0.717) is 18.8 Å². The summed E-state index contributed by atoms with van der Waals surface area (Å²) in [4.78, 5) is 14.1. The number of para-hydroxylation sites is 1. The smallest absolute Gasteiger partial charge is 0.275 e. The van der Waals surface area contributed by atoms with Gasteiger partial charge in [-0.3, -0.25) is 4.79 Å². The van der Waals surface area contributed by atoms with Crippen molar-refractivity contribution in [3.05, 3.63) is 53.6 Å². The molecule has 25 heavy (non-hydrogen) atoms. The molecule has 7 heteroatoms. The van der Waals surface area contributed by atoms with Crippen molar-refractivity contribution in [3.63, 3.8) is 0 Å². The van der Waals surface area contributed by atoms with Crippen LogP contribution in [0.2, 0.25) is 0 Å². The summed E-state index contributed by atoms with van der Waals surface area (Å²) in [6, 6.07) is 11.5. The van der Waals surface area contributed by atoms with Gasteiger partial charge in [0.1, 0.15) is 11.5 Å². The van der Waals surface area contributed by atoms with Gasteiger partial charge in [-0.25, -0.2) is 5.43 Å². The summed E-state index contributed by atoms with van der Waals surface area (Å²) in [7, 11) is 0. The van der Waals surface area contributed by atoms with Crippen LogP contribution in [-0.2, 0) is 4.74 Å². The quantitative estimate of drug-likeness (QED) is 0.581. The lowest BCUT2D eigenvalue weighted by Crippen LogP contribution is -2.36. The minimum absolute atomic E-state index is 0.0737. The van der Waals surface area contributed by atoms with Crippen LogP contribution in [-0.4, -0.2) is 48.6 Å². The Labute approximate surface area is 145 Å².